The Balaban J connectivity index is 1.65. The van der Waals surface area contributed by atoms with Gasteiger partial charge in [-0.2, -0.15) is 5.26 Å². The molecule has 5 aromatic rings. The van der Waals surface area contributed by atoms with Gasteiger partial charge in [-0.15, -0.1) is 11.3 Å². The first-order valence-corrected chi connectivity index (χ1v) is 12.0. The molecule has 158 valence electrons. The predicted octanol–water partition coefficient (Wildman–Crippen LogP) is 5.02. The number of aromatic amines is 1. The number of anilines is 2. The highest BCUT2D eigenvalue weighted by molar-refractivity contribution is 7.89. The van der Waals surface area contributed by atoms with Gasteiger partial charge in [0.15, 0.2) is 0 Å². The summed E-state index contributed by atoms with van der Waals surface area (Å²) in [6.07, 6.45) is 3.45. The lowest BCUT2D eigenvalue weighted by atomic mass is 10.1. The molecular formula is C23H17N5O2S2. The van der Waals surface area contributed by atoms with Crippen LogP contribution in [0.25, 0.3) is 31.6 Å². The van der Waals surface area contributed by atoms with Gasteiger partial charge < -0.3 is 10.3 Å². The van der Waals surface area contributed by atoms with Gasteiger partial charge in [0.05, 0.1) is 16.1 Å². The summed E-state index contributed by atoms with van der Waals surface area (Å²) < 4.78 is 23.5. The van der Waals surface area contributed by atoms with Gasteiger partial charge in [0.25, 0.3) is 0 Å². The quantitative estimate of drug-likeness (QED) is 0.348. The zero-order valence-electron chi connectivity index (χ0n) is 16.9. The van der Waals surface area contributed by atoms with Gasteiger partial charge in [0.2, 0.25) is 10.0 Å². The van der Waals surface area contributed by atoms with Crippen LogP contribution in [-0.2, 0) is 10.0 Å². The first kappa shape index (κ1) is 20.2. The largest absolute Gasteiger partial charge is 0.361 e. The second-order valence-electron chi connectivity index (χ2n) is 7.36. The van der Waals surface area contributed by atoms with Crippen LogP contribution < -0.4 is 10.5 Å². The van der Waals surface area contributed by atoms with Crippen molar-refractivity contribution in [3.63, 3.8) is 0 Å². The van der Waals surface area contributed by atoms with Crippen molar-refractivity contribution in [3.8, 4) is 16.5 Å². The van der Waals surface area contributed by atoms with E-state index in [0.717, 1.165) is 37.2 Å². The molecule has 3 heterocycles. The highest BCUT2D eigenvalue weighted by Gasteiger charge is 2.16. The van der Waals surface area contributed by atoms with Crippen LogP contribution in [0.15, 0.2) is 65.8 Å². The van der Waals surface area contributed by atoms with Crippen LogP contribution in [0, 0.1) is 18.3 Å². The molecule has 0 bridgehead atoms. The van der Waals surface area contributed by atoms with Gasteiger partial charge in [-0.25, -0.2) is 18.5 Å². The molecule has 0 saturated heterocycles. The fourth-order valence-corrected chi connectivity index (χ4v) is 5.30. The summed E-state index contributed by atoms with van der Waals surface area (Å²) in [5, 5.41) is 20.3. The summed E-state index contributed by atoms with van der Waals surface area (Å²) in [6.45, 7) is 2.03. The SMILES string of the molecule is Cc1c(Nc2c(C#N)cnc3sc(-c4cccc(S(N)(=O)=O)c4)cc23)ccc2[nH]ccc12. The van der Waals surface area contributed by atoms with Gasteiger partial charge in [-0.05, 0) is 54.4 Å². The fourth-order valence-electron chi connectivity index (χ4n) is 3.73. The molecule has 4 N–H and O–H groups in total. The molecule has 7 nitrogen and oxygen atoms in total. The molecule has 0 aliphatic carbocycles. The van der Waals surface area contributed by atoms with E-state index in [1.165, 1.54) is 17.4 Å². The van der Waals surface area contributed by atoms with Gasteiger partial charge in [0.1, 0.15) is 10.9 Å². The van der Waals surface area contributed by atoms with Gasteiger partial charge >= 0.3 is 0 Å². The number of primary sulfonamides is 1. The van der Waals surface area contributed by atoms with Gasteiger partial charge in [-0.1, -0.05) is 12.1 Å². The summed E-state index contributed by atoms with van der Waals surface area (Å²) in [5.41, 5.74) is 4.81. The van der Waals surface area contributed by atoms with E-state index in [1.54, 1.807) is 18.3 Å². The minimum Gasteiger partial charge on any atom is -0.361 e. The highest BCUT2D eigenvalue weighted by atomic mass is 32.2. The molecule has 0 fully saturated rings. The van der Waals surface area contributed by atoms with E-state index in [0.29, 0.717) is 16.8 Å². The summed E-state index contributed by atoms with van der Waals surface area (Å²) in [5.74, 6) is 0. The summed E-state index contributed by atoms with van der Waals surface area (Å²) in [4.78, 5) is 9.26. The standard InChI is InChI=1S/C23H17N5O2S2/c1-13-17-7-8-26-20(17)6-5-19(13)28-22-15(11-24)12-27-23-18(22)10-21(31-23)14-3-2-4-16(9-14)32(25,29)30/h2-10,12,26H,1H3,(H,27,28)(H2,25,29,30). The van der Waals surface area contributed by atoms with Crippen LogP contribution in [0.1, 0.15) is 11.1 Å². The molecule has 0 aliphatic heterocycles. The Morgan fingerprint density at radius 3 is 2.78 bits per heavy atom. The van der Waals surface area contributed by atoms with Crippen molar-refractivity contribution in [3.05, 3.63) is 72.1 Å². The number of fused-ring (bicyclic) bond motifs is 2. The van der Waals surface area contributed by atoms with Crippen LogP contribution in [0.3, 0.4) is 0 Å². The molecule has 0 spiro atoms. The van der Waals surface area contributed by atoms with Crippen molar-refractivity contribution in [1.29, 1.82) is 5.26 Å². The second-order valence-corrected chi connectivity index (χ2v) is 9.96. The number of hydrogen-bond acceptors (Lipinski definition) is 6. The Kier molecular flexibility index (Phi) is 4.71. The number of pyridine rings is 1. The van der Waals surface area contributed by atoms with E-state index in [9.17, 15) is 13.7 Å². The van der Waals surface area contributed by atoms with Crippen molar-refractivity contribution in [1.82, 2.24) is 9.97 Å². The summed E-state index contributed by atoms with van der Waals surface area (Å²) in [7, 11) is -3.81. The lowest BCUT2D eigenvalue weighted by Crippen LogP contribution is -2.11. The zero-order valence-corrected chi connectivity index (χ0v) is 18.5. The topological polar surface area (TPSA) is 125 Å². The van der Waals surface area contributed by atoms with Crippen molar-refractivity contribution < 1.29 is 8.42 Å². The number of rotatable bonds is 4. The van der Waals surface area contributed by atoms with E-state index >= 15 is 0 Å². The highest BCUT2D eigenvalue weighted by Crippen LogP contribution is 2.39. The molecule has 2 aromatic carbocycles. The molecule has 0 saturated carbocycles. The number of nitrogens with one attached hydrogen (secondary N) is 2. The number of aromatic nitrogens is 2. The first-order chi connectivity index (χ1) is 15.3. The number of hydrogen-bond donors (Lipinski definition) is 3. The van der Waals surface area contributed by atoms with Crippen LogP contribution in [-0.4, -0.2) is 18.4 Å². The Morgan fingerprint density at radius 2 is 2.00 bits per heavy atom. The minimum atomic E-state index is -3.81. The van der Waals surface area contributed by atoms with E-state index in [2.05, 4.69) is 21.4 Å². The molecule has 9 heteroatoms. The van der Waals surface area contributed by atoms with E-state index in [4.69, 9.17) is 5.14 Å². The number of nitrogens with two attached hydrogens (primary N) is 1. The third-order valence-electron chi connectivity index (χ3n) is 5.39. The number of H-pyrrole nitrogens is 1. The average molecular weight is 460 g/mol. The zero-order chi connectivity index (χ0) is 22.5. The third-order valence-corrected chi connectivity index (χ3v) is 7.40. The lowest BCUT2D eigenvalue weighted by molar-refractivity contribution is 0.598. The number of nitrogens with zero attached hydrogens (tertiary/aromatic N) is 2. The van der Waals surface area contributed by atoms with Crippen LogP contribution in [0.5, 0.6) is 0 Å². The third kappa shape index (κ3) is 3.40. The van der Waals surface area contributed by atoms with Gasteiger partial charge in [0, 0.05) is 39.2 Å². The predicted molar refractivity (Wildman–Crippen MR) is 127 cm³/mol. The average Bonchev–Trinajstić information content (AvgIpc) is 3.43. The van der Waals surface area contributed by atoms with Crippen LogP contribution in [0.4, 0.5) is 11.4 Å². The molecule has 0 unspecified atom stereocenters. The normalized spacial score (nSPS) is 11.7. The monoisotopic (exact) mass is 459 g/mol. The maximum atomic E-state index is 11.8. The molecular weight excluding hydrogens is 442 g/mol. The van der Waals surface area contributed by atoms with Crippen LogP contribution in [0.2, 0.25) is 0 Å². The Bertz CT molecular complexity index is 1660. The molecule has 0 radical (unpaired) electrons. The minimum absolute atomic E-state index is 0.0481. The van der Waals surface area contributed by atoms with E-state index in [1.807, 2.05) is 43.5 Å². The Morgan fingerprint density at radius 1 is 1.16 bits per heavy atom. The van der Waals surface area contributed by atoms with Crippen molar-refractivity contribution in [2.75, 3.05) is 5.32 Å². The molecule has 3 aromatic heterocycles. The summed E-state index contributed by atoms with van der Waals surface area (Å²) >= 11 is 1.42. The van der Waals surface area contributed by atoms with Crippen LogP contribution >= 0.6 is 11.3 Å². The molecule has 5 rings (SSSR count). The fraction of sp³-hybridized carbons (Fsp3) is 0.0435. The molecule has 0 atom stereocenters. The smallest absolute Gasteiger partial charge is 0.238 e. The van der Waals surface area contributed by atoms with Gasteiger partial charge in [-0.3, -0.25) is 0 Å². The summed E-state index contributed by atoms with van der Waals surface area (Å²) in [6, 6.07) is 16.6. The number of aryl methyl sites for hydroxylation is 1. The lowest BCUT2D eigenvalue weighted by Gasteiger charge is -2.12. The maximum Gasteiger partial charge on any atom is 0.238 e. The number of thiophene rings is 1. The number of nitriles is 1. The molecule has 0 aliphatic rings. The Hall–Kier alpha value is -3.71. The second kappa shape index (κ2) is 7.46. The maximum absolute atomic E-state index is 11.8. The van der Waals surface area contributed by atoms with E-state index in [-0.39, 0.29) is 4.90 Å². The van der Waals surface area contributed by atoms with E-state index < -0.39 is 10.0 Å². The molecule has 0 amide bonds. The van der Waals surface area contributed by atoms with Crippen molar-refractivity contribution in [2.45, 2.75) is 11.8 Å². The number of benzene rings is 2. The molecule has 32 heavy (non-hydrogen) atoms. The van der Waals surface area contributed by atoms with Crippen molar-refractivity contribution >= 4 is 53.9 Å². The van der Waals surface area contributed by atoms with Crippen molar-refractivity contribution in [2.24, 2.45) is 5.14 Å². The number of sulfonamides is 1. The first-order valence-electron chi connectivity index (χ1n) is 9.65. The Labute approximate surface area is 188 Å².